The summed E-state index contributed by atoms with van der Waals surface area (Å²) in [5, 5.41) is 12.3. The van der Waals surface area contributed by atoms with E-state index in [1.165, 1.54) is 35.6 Å². The number of amides is 1. The monoisotopic (exact) mass is 507 g/mol. The maximum atomic E-state index is 13.0. The summed E-state index contributed by atoms with van der Waals surface area (Å²) in [5.41, 5.74) is 1.93. The molecule has 0 saturated heterocycles. The van der Waals surface area contributed by atoms with Crippen LogP contribution in [0.5, 0.6) is 0 Å². The number of benzene rings is 2. The molecule has 2 aromatic carbocycles. The molecule has 0 saturated carbocycles. The van der Waals surface area contributed by atoms with Gasteiger partial charge in [0.15, 0.2) is 0 Å². The fraction of sp³-hybridized carbons (Fsp3) is 0.318. The first-order valence-corrected chi connectivity index (χ1v) is 13.0. The van der Waals surface area contributed by atoms with Crippen molar-refractivity contribution in [1.29, 1.82) is 0 Å². The van der Waals surface area contributed by atoms with Gasteiger partial charge in [-0.05, 0) is 54.4 Å². The highest BCUT2D eigenvalue weighted by Gasteiger charge is 2.30. The number of aromatic nitrogens is 2. The van der Waals surface area contributed by atoms with Crippen LogP contribution in [0.3, 0.4) is 0 Å². The standard InChI is InChI=1S/C22H26ClN5O3S2/c1-5-14(2)19(27-33(30,31)18-12-8-16(23)9-13-18)20(29)24-22-26-25-21(32-22)15-6-10-17(11-7-15)28(3)4/h6-14,19,27H,5H2,1-4H3,(H,24,26,29). The second-order valence-corrected chi connectivity index (χ2v) is 10.9. The predicted octanol–water partition coefficient (Wildman–Crippen LogP) is 4.26. The maximum absolute atomic E-state index is 13.0. The topological polar surface area (TPSA) is 104 Å². The van der Waals surface area contributed by atoms with Gasteiger partial charge in [0.1, 0.15) is 11.0 Å². The van der Waals surface area contributed by atoms with Crippen molar-refractivity contribution in [2.75, 3.05) is 24.3 Å². The smallest absolute Gasteiger partial charge is 0.244 e. The minimum Gasteiger partial charge on any atom is -0.378 e. The first kappa shape index (κ1) is 25.1. The summed E-state index contributed by atoms with van der Waals surface area (Å²) in [7, 11) is -0.00211. The summed E-state index contributed by atoms with van der Waals surface area (Å²) in [6.07, 6.45) is 0.598. The lowest BCUT2D eigenvalue weighted by atomic mass is 9.99. The third kappa shape index (κ3) is 6.29. The summed E-state index contributed by atoms with van der Waals surface area (Å²) in [5.74, 6) is -0.745. The van der Waals surface area contributed by atoms with Gasteiger partial charge < -0.3 is 4.90 Å². The lowest BCUT2D eigenvalue weighted by molar-refractivity contribution is -0.118. The van der Waals surface area contributed by atoms with Gasteiger partial charge in [0.2, 0.25) is 21.1 Å². The van der Waals surface area contributed by atoms with E-state index in [2.05, 4.69) is 20.2 Å². The number of rotatable bonds is 9. The van der Waals surface area contributed by atoms with Crippen LogP contribution in [0, 0.1) is 5.92 Å². The summed E-state index contributed by atoms with van der Waals surface area (Å²) in [6.45, 7) is 3.70. The van der Waals surface area contributed by atoms with Crippen molar-refractivity contribution < 1.29 is 13.2 Å². The van der Waals surface area contributed by atoms with E-state index in [9.17, 15) is 13.2 Å². The fourth-order valence-corrected chi connectivity index (χ4v) is 5.17. The van der Waals surface area contributed by atoms with E-state index < -0.39 is 22.0 Å². The van der Waals surface area contributed by atoms with Crippen LogP contribution in [0.4, 0.5) is 10.8 Å². The Bertz CT molecular complexity index is 1200. The quantitative estimate of drug-likeness (QED) is 0.448. The minimum absolute atomic E-state index is 0.0346. The van der Waals surface area contributed by atoms with E-state index in [-0.39, 0.29) is 10.8 Å². The molecule has 0 radical (unpaired) electrons. The molecule has 1 heterocycles. The maximum Gasteiger partial charge on any atom is 0.244 e. The lowest BCUT2D eigenvalue weighted by Crippen LogP contribution is -2.47. The Morgan fingerprint density at radius 3 is 2.30 bits per heavy atom. The van der Waals surface area contributed by atoms with Crippen LogP contribution in [0.25, 0.3) is 10.6 Å². The van der Waals surface area contributed by atoms with Gasteiger partial charge >= 0.3 is 0 Å². The van der Waals surface area contributed by atoms with Gasteiger partial charge in [-0.3, -0.25) is 10.1 Å². The third-order valence-electron chi connectivity index (χ3n) is 5.19. The largest absolute Gasteiger partial charge is 0.378 e. The molecular weight excluding hydrogens is 482 g/mol. The highest BCUT2D eigenvalue weighted by atomic mass is 35.5. The molecule has 176 valence electrons. The number of hydrogen-bond acceptors (Lipinski definition) is 7. The number of halogens is 1. The molecule has 3 rings (SSSR count). The van der Waals surface area contributed by atoms with Crippen LogP contribution in [0.1, 0.15) is 20.3 Å². The zero-order valence-electron chi connectivity index (χ0n) is 18.7. The Kier molecular flexibility index (Phi) is 8.06. The van der Waals surface area contributed by atoms with E-state index >= 15 is 0 Å². The summed E-state index contributed by atoms with van der Waals surface area (Å²) in [6, 6.07) is 12.6. The first-order valence-electron chi connectivity index (χ1n) is 10.3. The van der Waals surface area contributed by atoms with E-state index in [1.54, 1.807) is 0 Å². The van der Waals surface area contributed by atoms with Gasteiger partial charge in [-0.2, -0.15) is 4.72 Å². The van der Waals surface area contributed by atoms with Crippen LogP contribution in [0.15, 0.2) is 53.4 Å². The van der Waals surface area contributed by atoms with Crippen LogP contribution < -0.4 is 14.9 Å². The zero-order chi connectivity index (χ0) is 24.2. The molecule has 2 N–H and O–H groups in total. The molecule has 0 bridgehead atoms. The van der Waals surface area contributed by atoms with Gasteiger partial charge in [0.25, 0.3) is 0 Å². The van der Waals surface area contributed by atoms with Crippen LogP contribution in [0.2, 0.25) is 5.02 Å². The molecule has 0 aliphatic carbocycles. The number of nitrogens with zero attached hydrogens (tertiary/aromatic N) is 3. The molecule has 2 unspecified atom stereocenters. The van der Waals surface area contributed by atoms with Crippen LogP contribution in [-0.4, -0.2) is 44.7 Å². The van der Waals surface area contributed by atoms with Gasteiger partial charge in [0.05, 0.1) is 4.90 Å². The van der Waals surface area contributed by atoms with Gasteiger partial charge in [-0.1, -0.05) is 43.2 Å². The average Bonchev–Trinajstić information content (AvgIpc) is 3.25. The van der Waals surface area contributed by atoms with E-state index in [4.69, 9.17) is 11.6 Å². The Hall–Kier alpha value is -2.53. The van der Waals surface area contributed by atoms with Crippen molar-refractivity contribution in [2.45, 2.75) is 31.2 Å². The Morgan fingerprint density at radius 1 is 1.09 bits per heavy atom. The summed E-state index contributed by atoms with van der Waals surface area (Å²) < 4.78 is 28.2. The van der Waals surface area contributed by atoms with Crippen molar-refractivity contribution in [3.05, 3.63) is 53.6 Å². The Labute approximate surface area is 203 Å². The highest BCUT2D eigenvalue weighted by molar-refractivity contribution is 7.89. The molecular formula is C22H26ClN5O3S2. The number of sulfonamides is 1. The SMILES string of the molecule is CCC(C)C(NS(=O)(=O)c1ccc(Cl)cc1)C(=O)Nc1nnc(-c2ccc(N(C)C)cc2)s1. The average molecular weight is 508 g/mol. The van der Waals surface area contributed by atoms with E-state index in [0.717, 1.165) is 11.3 Å². The Balaban J connectivity index is 1.76. The molecule has 1 aromatic heterocycles. The first-order chi connectivity index (χ1) is 15.6. The van der Waals surface area contributed by atoms with Gasteiger partial charge in [-0.25, -0.2) is 8.42 Å². The van der Waals surface area contributed by atoms with Crippen LogP contribution in [-0.2, 0) is 14.8 Å². The normalized spacial score (nSPS) is 13.4. The predicted molar refractivity (Wildman–Crippen MR) is 133 cm³/mol. The minimum atomic E-state index is -3.92. The molecule has 0 aliphatic rings. The lowest BCUT2D eigenvalue weighted by Gasteiger charge is -2.22. The van der Waals surface area contributed by atoms with E-state index in [0.29, 0.717) is 21.6 Å². The summed E-state index contributed by atoms with van der Waals surface area (Å²) >= 11 is 7.08. The molecule has 2 atom stereocenters. The van der Waals surface area contributed by atoms with Crippen molar-refractivity contribution >= 4 is 49.7 Å². The van der Waals surface area contributed by atoms with Crippen molar-refractivity contribution in [3.63, 3.8) is 0 Å². The molecule has 0 spiro atoms. The molecule has 11 heteroatoms. The number of carbonyl (C=O) groups is 1. The second-order valence-electron chi connectivity index (χ2n) is 7.78. The van der Waals surface area contributed by atoms with Crippen molar-refractivity contribution in [2.24, 2.45) is 5.92 Å². The molecule has 0 fully saturated rings. The second kappa shape index (κ2) is 10.6. The molecule has 1 amide bonds. The zero-order valence-corrected chi connectivity index (χ0v) is 21.1. The summed E-state index contributed by atoms with van der Waals surface area (Å²) in [4.78, 5) is 15.0. The Morgan fingerprint density at radius 2 is 1.73 bits per heavy atom. The van der Waals surface area contributed by atoms with Crippen molar-refractivity contribution in [3.8, 4) is 10.6 Å². The van der Waals surface area contributed by atoms with Crippen molar-refractivity contribution in [1.82, 2.24) is 14.9 Å². The molecule has 3 aromatic rings. The number of nitrogens with one attached hydrogen (secondary N) is 2. The van der Waals surface area contributed by atoms with E-state index in [1.807, 2.05) is 57.1 Å². The fourth-order valence-electron chi connectivity index (χ4n) is 2.99. The number of anilines is 2. The molecule has 8 nitrogen and oxygen atoms in total. The molecule has 33 heavy (non-hydrogen) atoms. The third-order valence-corrected chi connectivity index (χ3v) is 7.78. The van der Waals surface area contributed by atoms with Gasteiger partial charge in [-0.15, -0.1) is 10.2 Å². The molecule has 0 aliphatic heterocycles. The van der Waals surface area contributed by atoms with Gasteiger partial charge in [0, 0.05) is 30.4 Å². The number of carbonyl (C=O) groups excluding carboxylic acids is 1. The van der Waals surface area contributed by atoms with Crippen LogP contribution >= 0.6 is 22.9 Å². The number of hydrogen-bond donors (Lipinski definition) is 2. The highest BCUT2D eigenvalue weighted by Crippen LogP contribution is 2.28.